The average Bonchev–Trinajstić information content (AvgIpc) is 2.14. The van der Waals surface area contributed by atoms with Crippen molar-refractivity contribution in [2.24, 2.45) is 5.92 Å². The summed E-state index contributed by atoms with van der Waals surface area (Å²) in [5.74, 6) is -0.624. The number of hydrogen-bond acceptors (Lipinski definition) is 4. The summed E-state index contributed by atoms with van der Waals surface area (Å²) in [6.07, 6.45) is -1.05. The van der Waals surface area contributed by atoms with Crippen LogP contribution in [-0.2, 0) is 4.79 Å². The first kappa shape index (κ1) is 14.9. The Hall–Kier alpha value is -1.14. The molecule has 0 aliphatic heterocycles. The maximum atomic E-state index is 11.7. The lowest BCUT2D eigenvalue weighted by Crippen LogP contribution is -2.52. The van der Waals surface area contributed by atoms with Crippen LogP contribution in [0.3, 0.4) is 0 Å². The zero-order valence-electron chi connectivity index (χ0n) is 9.73. The number of carbonyl (C=O) groups excluding carboxylic acids is 1. The number of aliphatic hydroxyl groups is 2. The first-order valence-corrected chi connectivity index (χ1v) is 5.07. The molecule has 6 heteroatoms. The Balaban J connectivity index is 4.75. The van der Waals surface area contributed by atoms with Gasteiger partial charge < -0.3 is 20.6 Å². The number of carbonyl (C=O) groups is 2. The third-order valence-electron chi connectivity index (χ3n) is 2.16. The molecule has 2 atom stereocenters. The molecular formula is C10H19NO5. The van der Waals surface area contributed by atoms with Gasteiger partial charge in [-0.3, -0.25) is 4.79 Å². The average molecular weight is 233 g/mol. The second-order valence-corrected chi connectivity index (χ2v) is 4.43. The molecule has 4 N–H and O–H groups in total. The lowest BCUT2D eigenvalue weighted by Gasteiger charge is -2.26. The maximum absolute atomic E-state index is 11.7. The summed E-state index contributed by atoms with van der Waals surface area (Å²) in [5, 5.41) is 29.0. The molecule has 0 saturated carbocycles. The van der Waals surface area contributed by atoms with Gasteiger partial charge in [-0.15, -0.1) is 0 Å². The van der Waals surface area contributed by atoms with Gasteiger partial charge >= 0.3 is 6.09 Å². The van der Waals surface area contributed by atoms with Gasteiger partial charge in [-0.05, 0) is 19.3 Å². The molecule has 0 saturated heterocycles. The van der Waals surface area contributed by atoms with Crippen molar-refractivity contribution in [2.75, 3.05) is 6.61 Å². The topological polar surface area (TPSA) is 107 Å². The Morgan fingerprint density at radius 1 is 1.38 bits per heavy atom. The van der Waals surface area contributed by atoms with E-state index in [0.29, 0.717) is 0 Å². The van der Waals surface area contributed by atoms with Crippen LogP contribution in [-0.4, -0.2) is 45.4 Å². The van der Waals surface area contributed by atoms with Gasteiger partial charge in [-0.1, -0.05) is 13.8 Å². The van der Waals surface area contributed by atoms with E-state index in [1.165, 1.54) is 0 Å². The first-order valence-electron chi connectivity index (χ1n) is 5.07. The van der Waals surface area contributed by atoms with Crippen molar-refractivity contribution >= 4 is 11.9 Å². The van der Waals surface area contributed by atoms with Crippen molar-refractivity contribution < 1.29 is 24.9 Å². The highest BCUT2D eigenvalue weighted by molar-refractivity contribution is 5.93. The predicted octanol–water partition coefficient (Wildman–Crippen LogP) is -0.0189. The van der Waals surface area contributed by atoms with Crippen LogP contribution in [0.1, 0.15) is 27.2 Å². The molecule has 0 aliphatic rings. The molecule has 6 nitrogen and oxygen atoms in total. The van der Waals surface area contributed by atoms with Crippen LogP contribution in [0, 0.1) is 5.92 Å². The summed E-state index contributed by atoms with van der Waals surface area (Å²) in [6.45, 7) is 4.09. The summed E-state index contributed by atoms with van der Waals surface area (Å²) >= 11 is 0. The van der Waals surface area contributed by atoms with E-state index in [9.17, 15) is 14.7 Å². The van der Waals surface area contributed by atoms with E-state index in [1.807, 2.05) is 19.2 Å². The van der Waals surface area contributed by atoms with E-state index in [4.69, 9.17) is 10.2 Å². The fourth-order valence-corrected chi connectivity index (χ4v) is 1.31. The van der Waals surface area contributed by atoms with Crippen molar-refractivity contribution in [3.05, 3.63) is 0 Å². The zero-order chi connectivity index (χ0) is 12.9. The molecule has 16 heavy (non-hydrogen) atoms. The molecule has 0 aromatic carbocycles. The number of ketones is 1. The SMILES string of the molecule is CC(C)C[C@H](NC(=O)O)C(=O)[C@](C)(O)CO. The molecule has 94 valence electrons. The molecule has 0 heterocycles. The third-order valence-corrected chi connectivity index (χ3v) is 2.16. The van der Waals surface area contributed by atoms with Gasteiger partial charge in [0.1, 0.15) is 5.60 Å². The second-order valence-electron chi connectivity index (χ2n) is 4.43. The number of hydrogen-bond donors (Lipinski definition) is 4. The van der Waals surface area contributed by atoms with Gasteiger partial charge in [0.25, 0.3) is 0 Å². The quantitative estimate of drug-likeness (QED) is 0.516. The van der Waals surface area contributed by atoms with Crippen molar-refractivity contribution in [3.8, 4) is 0 Å². The molecule has 0 aromatic rings. The van der Waals surface area contributed by atoms with E-state index >= 15 is 0 Å². The van der Waals surface area contributed by atoms with E-state index in [-0.39, 0.29) is 12.3 Å². The fourth-order valence-electron chi connectivity index (χ4n) is 1.31. The summed E-state index contributed by atoms with van der Waals surface area (Å²) in [6, 6.07) is -1.00. The lowest BCUT2D eigenvalue weighted by atomic mass is 9.90. The largest absolute Gasteiger partial charge is 0.465 e. The summed E-state index contributed by atoms with van der Waals surface area (Å²) in [4.78, 5) is 22.2. The van der Waals surface area contributed by atoms with Gasteiger partial charge in [-0.2, -0.15) is 0 Å². The number of Topliss-reactive ketones (excluding diaryl/α,β-unsaturated/α-hetero) is 1. The molecule has 0 fully saturated rings. The van der Waals surface area contributed by atoms with Gasteiger partial charge in [-0.25, -0.2) is 4.79 Å². The van der Waals surface area contributed by atoms with Gasteiger partial charge in [0, 0.05) is 0 Å². The molecule has 0 rings (SSSR count). The van der Waals surface area contributed by atoms with Crippen molar-refractivity contribution in [3.63, 3.8) is 0 Å². The molecule has 0 spiro atoms. The smallest absolute Gasteiger partial charge is 0.405 e. The highest BCUT2D eigenvalue weighted by Crippen LogP contribution is 2.13. The van der Waals surface area contributed by atoms with Crippen LogP contribution in [0.5, 0.6) is 0 Å². The molecule has 0 aromatic heterocycles. The standard InChI is InChI=1S/C10H19NO5/c1-6(2)4-7(11-9(14)15)8(13)10(3,16)5-12/h6-7,11-12,16H,4-5H2,1-3H3,(H,14,15)/t7-,10+/m0/s1. The number of nitrogens with one attached hydrogen (secondary N) is 1. The minimum absolute atomic E-state index is 0.0929. The van der Waals surface area contributed by atoms with Gasteiger partial charge in [0.05, 0.1) is 12.6 Å². The summed E-state index contributed by atoms with van der Waals surface area (Å²) in [5.41, 5.74) is -1.91. The van der Waals surface area contributed by atoms with E-state index in [0.717, 1.165) is 6.92 Å². The minimum atomic E-state index is -1.91. The Labute approximate surface area is 94.3 Å². The Kier molecular flexibility index (Phi) is 5.40. The fraction of sp³-hybridized carbons (Fsp3) is 0.800. The highest BCUT2D eigenvalue weighted by atomic mass is 16.4. The Morgan fingerprint density at radius 2 is 1.88 bits per heavy atom. The number of rotatable bonds is 6. The van der Waals surface area contributed by atoms with Gasteiger partial charge in [0.2, 0.25) is 0 Å². The Bertz CT molecular complexity index is 262. The lowest BCUT2D eigenvalue weighted by molar-refractivity contribution is -0.141. The monoisotopic (exact) mass is 233 g/mol. The molecule has 0 bridgehead atoms. The van der Waals surface area contributed by atoms with Crippen LogP contribution >= 0.6 is 0 Å². The van der Waals surface area contributed by atoms with Crippen LogP contribution in [0.15, 0.2) is 0 Å². The van der Waals surface area contributed by atoms with Crippen LogP contribution < -0.4 is 5.32 Å². The predicted molar refractivity (Wildman–Crippen MR) is 57.1 cm³/mol. The van der Waals surface area contributed by atoms with Crippen molar-refractivity contribution in [1.29, 1.82) is 0 Å². The van der Waals surface area contributed by atoms with Crippen LogP contribution in [0.2, 0.25) is 0 Å². The Morgan fingerprint density at radius 3 is 2.19 bits per heavy atom. The van der Waals surface area contributed by atoms with E-state index in [1.54, 1.807) is 0 Å². The van der Waals surface area contributed by atoms with Gasteiger partial charge in [0.15, 0.2) is 5.78 Å². The maximum Gasteiger partial charge on any atom is 0.405 e. The molecular weight excluding hydrogens is 214 g/mol. The normalized spacial score (nSPS) is 16.6. The van der Waals surface area contributed by atoms with E-state index in [2.05, 4.69) is 0 Å². The number of carboxylic acid groups (broad SMARTS) is 1. The zero-order valence-corrected chi connectivity index (χ0v) is 9.73. The van der Waals surface area contributed by atoms with Crippen molar-refractivity contribution in [2.45, 2.75) is 38.8 Å². The molecule has 0 unspecified atom stereocenters. The summed E-state index contributed by atoms with van der Waals surface area (Å²) < 4.78 is 0. The summed E-state index contributed by atoms with van der Waals surface area (Å²) in [7, 11) is 0. The minimum Gasteiger partial charge on any atom is -0.465 e. The highest BCUT2D eigenvalue weighted by Gasteiger charge is 2.36. The first-order chi connectivity index (χ1) is 7.20. The second kappa shape index (κ2) is 5.81. The third kappa shape index (κ3) is 4.59. The molecule has 0 radical (unpaired) electrons. The number of amides is 1. The van der Waals surface area contributed by atoms with Crippen LogP contribution in [0.25, 0.3) is 0 Å². The molecule has 0 aliphatic carbocycles. The van der Waals surface area contributed by atoms with Crippen LogP contribution in [0.4, 0.5) is 4.79 Å². The number of aliphatic hydroxyl groups excluding tert-OH is 1. The molecule has 1 amide bonds. The van der Waals surface area contributed by atoms with E-state index < -0.39 is 30.1 Å². The van der Waals surface area contributed by atoms with Crippen molar-refractivity contribution in [1.82, 2.24) is 5.32 Å².